The molecule has 0 saturated heterocycles. The molecule has 2 aromatic carbocycles. The summed E-state index contributed by atoms with van der Waals surface area (Å²) in [6, 6.07) is 7.80. The van der Waals surface area contributed by atoms with Crippen molar-refractivity contribution in [2.75, 3.05) is 5.32 Å². The van der Waals surface area contributed by atoms with Crippen LogP contribution in [0.2, 0.25) is 0 Å². The van der Waals surface area contributed by atoms with Gasteiger partial charge in [-0.1, -0.05) is 15.9 Å². The van der Waals surface area contributed by atoms with Crippen LogP contribution < -0.4 is 5.32 Å². The van der Waals surface area contributed by atoms with E-state index in [9.17, 15) is 8.78 Å². The number of hydrogen-bond donors (Lipinski definition) is 1. The Morgan fingerprint density at radius 1 is 1.05 bits per heavy atom. The van der Waals surface area contributed by atoms with E-state index in [-0.39, 0.29) is 11.6 Å². The summed E-state index contributed by atoms with van der Waals surface area (Å²) in [4.78, 5) is 0. The lowest BCUT2D eigenvalue weighted by molar-refractivity contribution is 0.620. The lowest BCUT2D eigenvalue weighted by Gasteiger charge is -2.11. The van der Waals surface area contributed by atoms with Gasteiger partial charge in [0.05, 0.1) is 4.47 Å². The minimum atomic E-state index is -0.325. The van der Waals surface area contributed by atoms with Gasteiger partial charge in [-0.3, -0.25) is 0 Å². The third-order valence-electron chi connectivity index (χ3n) is 2.67. The molecule has 2 aromatic rings. The largest absolute Gasteiger partial charge is 0.381 e. The van der Waals surface area contributed by atoms with Gasteiger partial charge in [0.1, 0.15) is 11.6 Å². The van der Waals surface area contributed by atoms with Crippen LogP contribution in [0.1, 0.15) is 11.1 Å². The molecule has 0 aliphatic heterocycles. The summed E-state index contributed by atoms with van der Waals surface area (Å²) in [7, 11) is 0. The fourth-order valence-corrected chi connectivity index (χ4v) is 2.72. The molecule has 0 atom stereocenters. The molecule has 0 unspecified atom stereocenters. The lowest BCUT2D eigenvalue weighted by Crippen LogP contribution is -2.02. The Hall–Kier alpha value is -0.940. The van der Waals surface area contributed by atoms with Crippen molar-refractivity contribution in [3.05, 3.63) is 62.0 Å². The first-order valence-electron chi connectivity index (χ1n) is 5.60. The van der Waals surface area contributed by atoms with Crippen molar-refractivity contribution in [2.24, 2.45) is 0 Å². The second-order valence-corrected chi connectivity index (χ2v) is 5.98. The fourth-order valence-electron chi connectivity index (χ4n) is 1.75. The molecule has 2 rings (SSSR count). The molecule has 0 amide bonds. The van der Waals surface area contributed by atoms with Crippen molar-refractivity contribution in [2.45, 2.75) is 13.5 Å². The van der Waals surface area contributed by atoms with Crippen molar-refractivity contribution < 1.29 is 8.78 Å². The molecule has 0 radical (unpaired) electrons. The zero-order valence-corrected chi connectivity index (χ0v) is 13.3. The van der Waals surface area contributed by atoms with Crippen LogP contribution in [0.3, 0.4) is 0 Å². The Labute approximate surface area is 127 Å². The molecule has 100 valence electrons. The maximum atomic E-state index is 13.5. The molecule has 0 aliphatic rings. The highest BCUT2D eigenvalue weighted by atomic mass is 79.9. The van der Waals surface area contributed by atoms with Crippen LogP contribution in [0.25, 0.3) is 0 Å². The number of benzene rings is 2. The van der Waals surface area contributed by atoms with E-state index in [1.54, 1.807) is 6.07 Å². The van der Waals surface area contributed by atoms with Crippen LogP contribution >= 0.6 is 31.9 Å². The van der Waals surface area contributed by atoms with Gasteiger partial charge in [-0.2, -0.15) is 0 Å². The van der Waals surface area contributed by atoms with E-state index < -0.39 is 0 Å². The number of hydrogen-bond acceptors (Lipinski definition) is 1. The van der Waals surface area contributed by atoms with Crippen LogP contribution in [0.4, 0.5) is 14.5 Å². The predicted octanol–water partition coefficient (Wildman–Crippen LogP) is 5.41. The van der Waals surface area contributed by atoms with Gasteiger partial charge in [0, 0.05) is 16.7 Å². The van der Waals surface area contributed by atoms with Gasteiger partial charge >= 0.3 is 0 Å². The molecule has 0 fully saturated rings. The monoisotopic (exact) mass is 389 g/mol. The third kappa shape index (κ3) is 3.76. The molecular formula is C14H11Br2F2N. The molecule has 1 N–H and O–H groups in total. The molecule has 0 aliphatic carbocycles. The molecule has 0 heterocycles. The highest BCUT2D eigenvalue weighted by Gasteiger charge is 2.06. The molecular weight excluding hydrogens is 380 g/mol. The van der Waals surface area contributed by atoms with E-state index >= 15 is 0 Å². The minimum Gasteiger partial charge on any atom is -0.381 e. The SMILES string of the molecule is Cc1cc(Br)c(F)cc1NCc1cc(F)cc(Br)c1. The lowest BCUT2D eigenvalue weighted by atomic mass is 10.1. The quantitative estimate of drug-likeness (QED) is 0.738. The van der Waals surface area contributed by atoms with E-state index in [1.807, 2.05) is 13.0 Å². The Morgan fingerprint density at radius 2 is 1.79 bits per heavy atom. The summed E-state index contributed by atoms with van der Waals surface area (Å²) in [6.45, 7) is 2.31. The topological polar surface area (TPSA) is 12.0 Å². The van der Waals surface area contributed by atoms with Gasteiger partial charge < -0.3 is 5.32 Å². The molecule has 0 bridgehead atoms. The van der Waals surface area contributed by atoms with Crippen molar-refractivity contribution in [3.8, 4) is 0 Å². The van der Waals surface area contributed by atoms with Gasteiger partial charge in [0.25, 0.3) is 0 Å². The van der Waals surface area contributed by atoms with Crippen LogP contribution in [0, 0.1) is 18.6 Å². The smallest absolute Gasteiger partial charge is 0.139 e. The zero-order chi connectivity index (χ0) is 14.0. The Kier molecular flexibility index (Phi) is 4.58. The second-order valence-electron chi connectivity index (χ2n) is 4.21. The van der Waals surface area contributed by atoms with Crippen LogP contribution in [-0.2, 0) is 6.54 Å². The summed E-state index contributed by atoms with van der Waals surface area (Å²) < 4.78 is 27.8. The first-order valence-corrected chi connectivity index (χ1v) is 7.19. The Bertz CT molecular complexity index is 594. The van der Waals surface area contributed by atoms with E-state index in [1.165, 1.54) is 18.2 Å². The maximum absolute atomic E-state index is 13.5. The van der Waals surface area contributed by atoms with Gasteiger partial charge in [0.15, 0.2) is 0 Å². The number of rotatable bonds is 3. The first kappa shape index (κ1) is 14.5. The maximum Gasteiger partial charge on any atom is 0.139 e. The molecule has 0 aromatic heterocycles. The van der Waals surface area contributed by atoms with Gasteiger partial charge in [-0.25, -0.2) is 8.78 Å². The average molecular weight is 391 g/mol. The second kappa shape index (κ2) is 6.01. The van der Waals surface area contributed by atoms with Crippen molar-refractivity contribution in [3.63, 3.8) is 0 Å². The van der Waals surface area contributed by atoms with Crippen molar-refractivity contribution in [1.29, 1.82) is 0 Å². The molecule has 1 nitrogen and oxygen atoms in total. The van der Waals surface area contributed by atoms with Gasteiger partial charge in [0.2, 0.25) is 0 Å². The van der Waals surface area contributed by atoms with Crippen molar-refractivity contribution in [1.82, 2.24) is 0 Å². The van der Waals surface area contributed by atoms with E-state index in [0.717, 1.165) is 11.1 Å². The van der Waals surface area contributed by atoms with E-state index in [0.29, 0.717) is 21.2 Å². The molecule has 0 spiro atoms. The van der Waals surface area contributed by atoms with Gasteiger partial charge in [-0.05, 0) is 64.3 Å². The molecule has 5 heteroatoms. The van der Waals surface area contributed by atoms with Crippen molar-refractivity contribution >= 4 is 37.5 Å². The normalized spacial score (nSPS) is 10.6. The molecule has 0 saturated carbocycles. The standard InChI is InChI=1S/C14H11Br2F2N/c1-8-2-12(16)13(18)6-14(8)19-7-9-3-10(15)5-11(17)4-9/h2-6,19H,7H2,1H3. The summed E-state index contributed by atoms with van der Waals surface area (Å²) >= 11 is 6.38. The molecule has 19 heavy (non-hydrogen) atoms. The minimum absolute atomic E-state index is 0.301. The van der Waals surface area contributed by atoms with Crippen LogP contribution in [0.5, 0.6) is 0 Å². The number of aryl methyl sites for hydroxylation is 1. The van der Waals surface area contributed by atoms with E-state index in [2.05, 4.69) is 37.2 Å². The van der Waals surface area contributed by atoms with Crippen LogP contribution in [0.15, 0.2) is 39.3 Å². The Balaban J connectivity index is 2.16. The Morgan fingerprint density at radius 3 is 2.47 bits per heavy atom. The van der Waals surface area contributed by atoms with Crippen LogP contribution in [-0.4, -0.2) is 0 Å². The fraction of sp³-hybridized carbons (Fsp3) is 0.143. The third-order valence-corrected chi connectivity index (χ3v) is 3.74. The average Bonchev–Trinajstić information content (AvgIpc) is 2.31. The highest BCUT2D eigenvalue weighted by molar-refractivity contribution is 9.10. The van der Waals surface area contributed by atoms with E-state index in [4.69, 9.17) is 0 Å². The summed E-state index contributed by atoms with van der Waals surface area (Å²) in [5.74, 6) is -0.626. The number of anilines is 1. The van der Waals surface area contributed by atoms with Gasteiger partial charge in [-0.15, -0.1) is 0 Å². The number of halogens is 4. The summed E-state index contributed by atoms with van der Waals surface area (Å²) in [5.41, 5.74) is 2.40. The zero-order valence-electron chi connectivity index (χ0n) is 10.1. The summed E-state index contributed by atoms with van der Waals surface area (Å²) in [5, 5.41) is 3.10. The summed E-state index contributed by atoms with van der Waals surface area (Å²) in [6.07, 6.45) is 0. The first-order chi connectivity index (χ1) is 8.95. The number of nitrogens with one attached hydrogen (secondary N) is 1. The highest BCUT2D eigenvalue weighted by Crippen LogP contribution is 2.24. The predicted molar refractivity (Wildman–Crippen MR) is 80.3 cm³/mol.